The van der Waals surface area contributed by atoms with Crippen LogP contribution < -0.4 is 4.74 Å². The third-order valence-electron chi connectivity index (χ3n) is 1.90. The van der Waals surface area contributed by atoms with E-state index >= 15 is 0 Å². The second kappa shape index (κ2) is 6.48. The van der Waals surface area contributed by atoms with Crippen molar-refractivity contribution in [1.29, 1.82) is 0 Å². The van der Waals surface area contributed by atoms with E-state index in [9.17, 15) is 5.11 Å². The van der Waals surface area contributed by atoms with Gasteiger partial charge in [0.1, 0.15) is 5.75 Å². The summed E-state index contributed by atoms with van der Waals surface area (Å²) in [6, 6.07) is 9.21. The summed E-state index contributed by atoms with van der Waals surface area (Å²) >= 11 is 0. The van der Waals surface area contributed by atoms with Crippen LogP contribution in [0.4, 0.5) is 0 Å². The van der Waals surface area contributed by atoms with Crippen LogP contribution in [-0.2, 0) is 9.47 Å². The molecule has 0 bridgehead atoms. The summed E-state index contributed by atoms with van der Waals surface area (Å²) in [4.78, 5) is 0. The van der Waals surface area contributed by atoms with Crippen LogP contribution in [0.15, 0.2) is 30.3 Å². The topological polar surface area (TPSA) is 47.9 Å². The van der Waals surface area contributed by atoms with Crippen molar-refractivity contribution < 1.29 is 19.3 Å². The second-order valence-electron chi connectivity index (χ2n) is 3.18. The molecule has 1 rings (SSSR count). The quantitative estimate of drug-likeness (QED) is 0.720. The molecule has 16 heavy (non-hydrogen) atoms. The van der Waals surface area contributed by atoms with E-state index < -0.39 is 5.97 Å². The average molecular weight is 226 g/mol. The van der Waals surface area contributed by atoms with E-state index in [0.717, 1.165) is 0 Å². The Kier molecular flexibility index (Phi) is 5.25. The average Bonchev–Trinajstić information content (AvgIpc) is 2.29. The summed E-state index contributed by atoms with van der Waals surface area (Å²) in [5.74, 6) is -1.00. The van der Waals surface area contributed by atoms with E-state index in [0.29, 0.717) is 19.0 Å². The second-order valence-corrected chi connectivity index (χ2v) is 3.18. The molecule has 4 nitrogen and oxygen atoms in total. The Bertz CT molecular complexity index is 280. The highest BCUT2D eigenvalue weighted by molar-refractivity contribution is 5.20. The van der Waals surface area contributed by atoms with Crippen LogP contribution in [0.1, 0.15) is 13.8 Å². The van der Waals surface area contributed by atoms with Gasteiger partial charge in [-0.15, -0.1) is 0 Å². The lowest BCUT2D eigenvalue weighted by Crippen LogP contribution is -2.42. The molecule has 0 heterocycles. The molecule has 0 saturated carbocycles. The van der Waals surface area contributed by atoms with E-state index in [2.05, 4.69) is 0 Å². The molecule has 0 amide bonds. The van der Waals surface area contributed by atoms with Gasteiger partial charge in [-0.3, -0.25) is 0 Å². The number of benzene rings is 1. The maximum Gasteiger partial charge on any atom is 0.316 e. The van der Waals surface area contributed by atoms with E-state index in [-0.39, 0.29) is 6.61 Å². The number of aliphatic hydroxyl groups is 1. The van der Waals surface area contributed by atoms with Crippen LogP contribution in [0.5, 0.6) is 5.75 Å². The third-order valence-corrected chi connectivity index (χ3v) is 1.90. The van der Waals surface area contributed by atoms with Crippen LogP contribution >= 0.6 is 0 Å². The Morgan fingerprint density at radius 1 is 1.06 bits per heavy atom. The molecule has 0 atom stereocenters. The first-order valence-corrected chi connectivity index (χ1v) is 5.38. The van der Waals surface area contributed by atoms with E-state index in [1.807, 2.05) is 18.2 Å². The molecule has 0 aliphatic rings. The largest absolute Gasteiger partial charge is 0.485 e. The number of ether oxygens (including phenoxy) is 3. The number of rotatable bonds is 7. The minimum absolute atomic E-state index is 0.0569. The van der Waals surface area contributed by atoms with Gasteiger partial charge in [0.2, 0.25) is 0 Å². The molecule has 1 N–H and O–H groups in total. The lowest BCUT2D eigenvalue weighted by Gasteiger charge is -2.26. The smallest absolute Gasteiger partial charge is 0.316 e. The zero-order valence-electron chi connectivity index (χ0n) is 9.68. The number of hydrogen-bond acceptors (Lipinski definition) is 4. The van der Waals surface area contributed by atoms with Crippen LogP contribution in [0, 0.1) is 0 Å². The van der Waals surface area contributed by atoms with Crippen LogP contribution in [0.25, 0.3) is 0 Å². The monoisotopic (exact) mass is 226 g/mol. The van der Waals surface area contributed by atoms with Crippen molar-refractivity contribution in [2.45, 2.75) is 19.8 Å². The van der Waals surface area contributed by atoms with Crippen molar-refractivity contribution in [3.05, 3.63) is 30.3 Å². The molecule has 90 valence electrons. The molecule has 0 saturated heterocycles. The minimum atomic E-state index is -1.67. The highest BCUT2D eigenvalue weighted by Crippen LogP contribution is 2.14. The Hall–Kier alpha value is -1.10. The molecular weight excluding hydrogens is 208 g/mol. The summed E-state index contributed by atoms with van der Waals surface area (Å²) in [6.07, 6.45) is 0. The molecular formula is C12H18O4. The van der Waals surface area contributed by atoms with E-state index in [1.165, 1.54) is 0 Å². The van der Waals surface area contributed by atoms with Crippen LogP contribution in [0.2, 0.25) is 0 Å². The molecule has 0 aromatic heterocycles. The Labute approximate surface area is 95.8 Å². The molecule has 0 fully saturated rings. The van der Waals surface area contributed by atoms with Gasteiger partial charge in [-0.25, -0.2) is 0 Å². The van der Waals surface area contributed by atoms with Gasteiger partial charge in [0.05, 0.1) is 0 Å². The van der Waals surface area contributed by atoms with Gasteiger partial charge < -0.3 is 19.3 Å². The fraction of sp³-hybridized carbons (Fsp3) is 0.500. The standard InChI is InChI=1S/C12H18O4/c1-3-15-12(13,16-4-2)10-14-11-8-6-5-7-9-11/h5-9,13H,3-4,10H2,1-2H3. The Morgan fingerprint density at radius 3 is 2.12 bits per heavy atom. The molecule has 0 spiro atoms. The Balaban J connectivity index is 2.49. The molecule has 0 unspecified atom stereocenters. The summed E-state index contributed by atoms with van der Waals surface area (Å²) in [7, 11) is 0. The molecule has 0 aliphatic carbocycles. The summed E-state index contributed by atoms with van der Waals surface area (Å²) in [5, 5.41) is 9.90. The van der Waals surface area contributed by atoms with Crippen molar-refractivity contribution in [3.8, 4) is 5.75 Å². The van der Waals surface area contributed by atoms with Crippen molar-refractivity contribution in [2.24, 2.45) is 0 Å². The minimum Gasteiger partial charge on any atom is -0.485 e. The van der Waals surface area contributed by atoms with Crippen molar-refractivity contribution in [2.75, 3.05) is 19.8 Å². The normalized spacial score (nSPS) is 11.4. The van der Waals surface area contributed by atoms with Gasteiger partial charge in [-0.1, -0.05) is 18.2 Å². The van der Waals surface area contributed by atoms with E-state index in [4.69, 9.17) is 14.2 Å². The van der Waals surface area contributed by atoms with Gasteiger partial charge >= 0.3 is 5.97 Å². The maximum absolute atomic E-state index is 9.90. The number of hydrogen-bond donors (Lipinski definition) is 1. The Morgan fingerprint density at radius 2 is 1.62 bits per heavy atom. The lowest BCUT2D eigenvalue weighted by atomic mass is 10.3. The summed E-state index contributed by atoms with van der Waals surface area (Å²) in [5.41, 5.74) is 0. The first kappa shape index (κ1) is 13.0. The SMILES string of the molecule is CCOC(O)(COc1ccccc1)OCC. The van der Waals surface area contributed by atoms with Gasteiger partial charge in [0, 0.05) is 13.2 Å². The third kappa shape index (κ3) is 4.18. The first-order chi connectivity index (χ1) is 7.70. The predicted molar refractivity (Wildman–Crippen MR) is 60.1 cm³/mol. The highest BCUT2D eigenvalue weighted by Gasteiger charge is 2.29. The predicted octanol–water partition coefficient (Wildman–Crippen LogP) is 1.78. The zero-order chi connectivity index (χ0) is 11.9. The fourth-order valence-corrected chi connectivity index (χ4v) is 1.27. The van der Waals surface area contributed by atoms with Gasteiger partial charge in [-0.05, 0) is 26.0 Å². The van der Waals surface area contributed by atoms with Gasteiger partial charge in [-0.2, -0.15) is 0 Å². The number of para-hydroxylation sites is 1. The molecule has 1 aromatic rings. The highest BCUT2D eigenvalue weighted by atomic mass is 16.8. The van der Waals surface area contributed by atoms with Gasteiger partial charge in [0.25, 0.3) is 0 Å². The van der Waals surface area contributed by atoms with Crippen LogP contribution in [-0.4, -0.2) is 30.9 Å². The molecule has 0 aliphatic heterocycles. The zero-order valence-corrected chi connectivity index (χ0v) is 9.68. The van der Waals surface area contributed by atoms with Crippen molar-refractivity contribution in [3.63, 3.8) is 0 Å². The lowest BCUT2D eigenvalue weighted by molar-refractivity contribution is -0.366. The maximum atomic E-state index is 9.90. The molecule has 4 heteroatoms. The van der Waals surface area contributed by atoms with Crippen molar-refractivity contribution in [1.82, 2.24) is 0 Å². The molecule has 1 aromatic carbocycles. The molecule has 0 radical (unpaired) electrons. The van der Waals surface area contributed by atoms with E-state index in [1.54, 1.807) is 26.0 Å². The summed E-state index contributed by atoms with van der Waals surface area (Å²) < 4.78 is 15.6. The first-order valence-electron chi connectivity index (χ1n) is 5.38. The fourth-order valence-electron chi connectivity index (χ4n) is 1.27. The van der Waals surface area contributed by atoms with Crippen molar-refractivity contribution >= 4 is 0 Å². The summed E-state index contributed by atoms with van der Waals surface area (Å²) in [6.45, 7) is 4.22. The van der Waals surface area contributed by atoms with Crippen LogP contribution in [0.3, 0.4) is 0 Å². The van der Waals surface area contributed by atoms with Gasteiger partial charge in [0.15, 0.2) is 6.61 Å².